The fourth-order valence-corrected chi connectivity index (χ4v) is 0.528. The van der Waals surface area contributed by atoms with E-state index in [0.717, 1.165) is 4.91 Å². The summed E-state index contributed by atoms with van der Waals surface area (Å²) < 4.78 is 0. The summed E-state index contributed by atoms with van der Waals surface area (Å²) in [4.78, 5) is 10.4. The first kappa shape index (κ1) is 8.49. The largest absolute Gasteiger partial charge is 0.264 e. The fourth-order valence-electron chi connectivity index (χ4n) is 0.286. The molecule has 0 amide bonds. The molecule has 0 heterocycles. The zero-order chi connectivity index (χ0) is 7.28. The number of nitro groups is 1. The number of thioether (sulfide) groups is 1. The number of hydrogen-bond donors (Lipinski definition) is 0. The first-order valence-corrected chi connectivity index (χ1v) is 3.72. The molecule has 0 spiro atoms. The minimum absolute atomic E-state index is 0.0628. The van der Waals surface area contributed by atoms with Crippen molar-refractivity contribution >= 4 is 11.8 Å². The summed E-state index contributed by atoms with van der Waals surface area (Å²) in [6, 6.07) is 0. The lowest BCUT2D eigenvalue weighted by Crippen LogP contribution is -1.96. The number of rotatable bonds is 3. The number of hydrogen-bond acceptors (Lipinski definition) is 3. The molecule has 0 saturated heterocycles. The van der Waals surface area contributed by atoms with Crippen LogP contribution in [-0.2, 0) is 0 Å². The van der Waals surface area contributed by atoms with Crippen molar-refractivity contribution in [3.63, 3.8) is 0 Å². The Morgan fingerprint density at radius 1 is 1.89 bits per heavy atom. The molecular formula is C5H9NO2S. The first-order valence-electron chi connectivity index (χ1n) is 2.49. The van der Waals surface area contributed by atoms with Gasteiger partial charge in [-0.25, -0.2) is 0 Å². The van der Waals surface area contributed by atoms with Gasteiger partial charge in [0.15, 0.2) is 0 Å². The van der Waals surface area contributed by atoms with Gasteiger partial charge in [-0.1, -0.05) is 0 Å². The van der Waals surface area contributed by atoms with Gasteiger partial charge in [-0.3, -0.25) is 10.1 Å². The monoisotopic (exact) mass is 147 g/mol. The van der Waals surface area contributed by atoms with E-state index in [9.17, 15) is 10.1 Å². The molecule has 0 aliphatic rings. The Morgan fingerprint density at radius 3 is 2.78 bits per heavy atom. The van der Waals surface area contributed by atoms with Crippen LogP contribution in [0.2, 0.25) is 0 Å². The Labute approximate surface area is 58.3 Å². The quantitative estimate of drug-likeness (QED) is 0.449. The Kier molecular flexibility index (Phi) is 4.13. The van der Waals surface area contributed by atoms with E-state index in [-0.39, 0.29) is 11.5 Å². The molecule has 0 radical (unpaired) electrons. The van der Waals surface area contributed by atoms with E-state index < -0.39 is 0 Å². The molecule has 0 rings (SSSR count). The standard InChI is InChI=1S/C5H9NO2S/c1-5(9-2)3-4-6(7)8/h3H,4H2,1-2H3/b5-3+. The maximum absolute atomic E-state index is 9.77. The lowest BCUT2D eigenvalue weighted by Gasteiger charge is -1.89. The molecule has 0 unspecified atom stereocenters. The molecule has 0 fully saturated rings. The van der Waals surface area contributed by atoms with E-state index in [1.807, 2.05) is 13.2 Å². The van der Waals surface area contributed by atoms with E-state index in [2.05, 4.69) is 0 Å². The molecule has 0 aliphatic heterocycles. The summed E-state index contributed by atoms with van der Waals surface area (Å²) in [7, 11) is 0. The van der Waals surface area contributed by atoms with Gasteiger partial charge in [0.1, 0.15) is 0 Å². The molecule has 52 valence electrons. The molecule has 0 aliphatic carbocycles. The van der Waals surface area contributed by atoms with Gasteiger partial charge in [0.2, 0.25) is 6.54 Å². The van der Waals surface area contributed by atoms with Crippen molar-refractivity contribution in [1.29, 1.82) is 0 Å². The fraction of sp³-hybridized carbons (Fsp3) is 0.600. The first-order chi connectivity index (χ1) is 4.16. The lowest BCUT2D eigenvalue weighted by atomic mass is 10.5. The maximum atomic E-state index is 9.77. The van der Waals surface area contributed by atoms with E-state index in [1.54, 1.807) is 6.08 Å². The second kappa shape index (κ2) is 4.38. The Morgan fingerprint density at radius 2 is 2.44 bits per heavy atom. The van der Waals surface area contributed by atoms with Crippen LogP contribution in [0.1, 0.15) is 6.92 Å². The summed E-state index contributed by atoms with van der Waals surface area (Å²) in [6.07, 6.45) is 3.50. The van der Waals surface area contributed by atoms with Gasteiger partial charge in [-0.15, -0.1) is 11.8 Å². The van der Waals surface area contributed by atoms with Crippen molar-refractivity contribution in [3.8, 4) is 0 Å². The highest BCUT2D eigenvalue weighted by Crippen LogP contribution is 2.07. The average molecular weight is 147 g/mol. The summed E-state index contributed by atoms with van der Waals surface area (Å²) in [6.45, 7) is 1.79. The predicted molar refractivity (Wildman–Crippen MR) is 39.1 cm³/mol. The average Bonchev–Trinajstić information content (AvgIpc) is 1.83. The summed E-state index contributed by atoms with van der Waals surface area (Å²) in [5.74, 6) is 0. The molecule has 0 saturated carbocycles. The zero-order valence-corrected chi connectivity index (χ0v) is 6.27. The van der Waals surface area contributed by atoms with Crippen LogP contribution in [0.15, 0.2) is 11.0 Å². The highest BCUT2D eigenvalue weighted by molar-refractivity contribution is 8.02. The molecule has 9 heavy (non-hydrogen) atoms. The van der Waals surface area contributed by atoms with Crippen LogP contribution in [0.25, 0.3) is 0 Å². The van der Waals surface area contributed by atoms with E-state index >= 15 is 0 Å². The van der Waals surface area contributed by atoms with Crippen LogP contribution in [0.5, 0.6) is 0 Å². The second-order valence-corrected chi connectivity index (χ2v) is 2.59. The van der Waals surface area contributed by atoms with Gasteiger partial charge >= 0.3 is 0 Å². The van der Waals surface area contributed by atoms with Crippen LogP contribution in [0.3, 0.4) is 0 Å². The topological polar surface area (TPSA) is 43.1 Å². The Hall–Kier alpha value is -0.510. The van der Waals surface area contributed by atoms with Gasteiger partial charge in [0.25, 0.3) is 0 Å². The van der Waals surface area contributed by atoms with Gasteiger partial charge in [0.05, 0.1) is 0 Å². The van der Waals surface area contributed by atoms with E-state index in [4.69, 9.17) is 0 Å². The van der Waals surface area contributed by atoms with Crippen molar-refractivity contribution in [2.75, 3.05) is 12.8 Å². The predicted octanol–water partition coefficient (Wildman–Crippen LogP) is 1.53. The van der Waals surface area contributed by atoms with Crippen molar-refractivity contribution in [2.45, 2.75) is 6.92 Å². The van der Waals surface area contributed by atoms with Crippen LogP contribution >= 0.6 is 11.8 Å². The highest BCUT2D eigenvalue weighted by atomic mass is 32.2. The van der Waals surface area contributed by atoms with Crippen molar-refractivity contribution in [3.05, 3.63) is 21.1 Å². The van der Waals surface area contributed by atoms with Crippen LogP contribution in [0, 0.1) is 10.1 Å². The summed E-state index contributed by atoms with van der Waals surface area (Å²) in [5.41, 5.74) is 0. The van der Waals surface area contributed by atoms with E-state index in [1.165, 1.54) is 11.8 Å². The molecule has 3 nitrogen and oxygen atoms in total. The van der Waals surface area contributed by atoms with Crippen molar-refractivity contribution in [2.24, 2.45) is 0 Å². The summed E-state index contributed by atoms with van der Waals surface area (Å²) in [5, 5.41) is 9.77. The minimum Gasteiger partial charge on any atom is -0.264 e. The zero-order valence-electron chi connectivity index (χ0n) is 5.46. The van der Waals surface area contributed by atoms with Gasteiger partial charge in [-0.05, 0) is 24.2 Å². The van der Waals surface area contributed by atoms with Gasteiger partial charge < -0.3 is 0 Å². The Balaban J connectivity index is 3.56. The molecule has 0 atom stereocenters. The molecule has 0 bridgehead atoms. The number of allylic oxidation sites excluding steroid dienone is 1. The van der Waals surface area contributed by atoms with Gasteiger partial charge in [0, 0.05) is 4.92 Å². The molecule has 0 N–H and O–H groups in total. The van der Waals surface area contributed by atoms with Gasteiger partial charge in [-0.2, -0.15) is 0 Å². The van der Waals surface area contributed by atoms with Crippen LogP contribution in [-0.4, -0.2) is 17.7 Å². The van der Waals surface area contributed by atoms with Crippen LogP contribution < -0.4 is 0 Å². The lowest BCUT2D eigenvalue weighted by molar-refractivity contribution is -0.468. The normalized spacial score (nSPS) is 11.6. The molecular weight excluding hydrogens is 138 g/mol. The molecule has 0 aromatic rings. The third kappa shape index (κ3) is 5.36. The second-order valence-electron chi connectivity index (χ2n) is 1.53. The maximum Gasteiger partial charge on any atom is 0.223 e. The summed E-state index contributed by atoms with van der Waals surface area (Å²) >= 11 is 1.52. The Bertz CT molecular complexity index is 133. The molecule has 0 aromatic carbocycles. The SMILES string of the molecule is CS/C(C)=C/C[N+](=O)[O-]. The highest BCUT2D eigenvalue weighted by Gasteiger charge is 1.90. The third-order valence-electron chi connectivity index (χ3n) is 0.850. The minimum atomic E-state index is -0.348. The molecule has 0 aromatic heterocycles. The van der Waals surface area contributed by atoms with Crippen LogP contribution in [0.4, 0.5) is 0 Å². The van der Waals surface area contributed by atoms with Crippen molar-refractivity contribution < 1.29 is 4.92 Å². The third-order valence-corrected chi connectivity index (χ3v) is 1.66. The number of nitrogens with zero attached hydrogens (tertiary/aromatic N) is 1. The van der Waals surface area contributed by atoms with E-state index in [0.29, 0.717) is 0 Å². The smallest absolute Gasteiger partial charge is 0.223 e. The van der Waals surface area contributed by atoms with Crippen molar-refractivity contribution in [1.82, 2.24) is 0 Å². The molecule has 4 heteroatoms.